The molecule has 0 spiro atoms. The van der Waals surface area contributed by atoms with Gasteiger partial charge in [0.1, 0.15) is 18.2 Å². The molecule has 2 N–H and O–H groups in total. The van der Waals surface area contributed by atoms with Crippen LogP contribution in [0.2, 0.25) is 0 Å². The zero-order valence-electron chi connectivity index (χ0n) is 22.4. The van der Waals surface area contributed by atoms with E-state index in [1.165, 1.54) is 0 Å². The molecule has 0 radical (unpaired) electrons. The van der Waals surface area contributed by atoms with E-state index in [0.29, 0.717) is 17.6 Å². The van der Waals surface area contributed by atoms with Crippen molar-refractivity contribution in [3.8, 4) is 0 Å². The Labute approximate surface area is 231 Å². The number of carbonyl (C=O) groups excluding carboxylic acids is 3. The van der Waals surface area contributed by atoms with Crippen LogP contribution in [0, 0.1) is 5.92 Å². The largest absolute Gasteiger partial charge is 0.445 e. The van der Waals surface area contributed by atoms with Crippen LogP contribution >= 0.6 is 0 Å². The molecule has 0 fully saturated rings. The first kappa shape index (κ1) is 28.2. The van der Waals surface area contributed by atoms with E-state index in [0.717, 1.165) is 16.0 Å². The average molecular weight is 545 g/mol. The van der Waals surface area contributed by atoms with Crippen molar-refractivity contribution in [3.05, 3.63) is 90.1 Å². The zero-order chi connectivity index (χ0) is 28.3. The predicted octanol–water partition coefficient (Wildman–Crippen LogP) is 2.89. The second-order valence-corrected chi connectivity index (χ2v) is 9.69. The van der Waals surface area contributed by atoms with Gasteiger partial charge >= 0.3 is 6.09 Å². The summed E-state index contributed by atoms with van der Waals surface area (Å²) in [6, 6.07) is 20.2. The molecule has 2 atom stereocenters. The Morgan fingerprint density at radius 2 is 1.57 bits per heavy atom. The van der Waals surface area contributed by atoms with Gasteiger partial charge in [0, 0.05) is 6.20 Å². The molecule has 2 amide bonds. The van der Waals surface area contributed by atoms with Crippen LogP contribution in [-0.2, 0) is 27.4 Å². The molecule has 40 heavy (non-hydrogen) atoms. The minimum Gasteiger partial charge on any atom is -0.445 e. The maximum absolute atomic E-state index is 13.4. The van der Waals surface area contributed by atoms with Gasteiger partial charge in [-0.25, -0.2) is 9.78 Å². The Balaban J connectivity index is 1.43. The van der Waals surface area contributed by atoms with Crippen molar-refractivity contribution in [2.75, 3.05) is 6.61 Å². The summed E-state index contributed by atoms with van der Waals surface area (Å²) in [5.74, 6) is -0.788. The Kier molecular flexibility index (Phi) is 9.76. The summed E-state index contributed by atoms with van der Waals surface area (Å²) >= 11 is 0. The first-order valence-electron chi connectivity index (χ1n) is 13.0. The van der Waals surface area contributed by atoms with Crippen LogP contribution in [0.25, 0.3) is 11.2 Å². The van der Waals surface area contributed by atoms with E-state index in [4.69, 9.17) is 9.57 Å². The minimum atomic E-state index is -0.922. The van der Waals surface area contributed by atoms with Crippen LogP contribution in [0.15, 0.2) is 79.0 Å². The number of ether oxygens (including phenoxy) is 1. The lowest BCUT2D eigenvalue weighted by molar-refractivity contribution is -0.131. The topological polar surface area (TPSA) is 137 Å². The van der Waals surface area contributed by atoms with Crippen LogP contribution < -0.4 is 15.5 Å². The van der Waals surface area contributed by atoms with Crippen LogP contribution in [-0.4, -0.2) is 56.6 Å². The smallest absolute Gasteiger partial charge is 0.408 e. The van der Waals surface area contributed by atoms with Crippen LogP contribution in [0.3, 0.4) is 0 Å². The molecule has 11 heteroatoms. The summed E-state index contributed by atoms with van der Waals surface area (Å²) in [6.45, 7) is 3.57. The lowest BCUT2D eigenvalue weighted by atomic mass is 10.00. The molecular weight excluding hydrogens is 512 g/mol. The molecule has 2 heterocycles. The highest BCUT2D eigenvalue weighted by Gasteiger charge is 2.28. The van der Waals surface area contributed by atoms with Gasteiger partial charge in [0.2, 0.25) is 11.6 Å². The van der Waals surface area contributed by atoms with Crippen molar-refractivity contribution in [3.63, 3.8) is 0 Å². The number of pyridine rings is 1. The van der Waals surface area contributed by atoms with Gasteiger partial charge in [-0.3, -0.25) is 9.59 Å². The van der Waals surface area contributed by atoms with E-state index < -0.39 is 24.1 Å². The summed E-state index contributed by atoms with van der Waals surface area (Å²) in [5, 5.41) is 13.3. The molecule has 2 aromatic carbocycles. The monoisotopic (exact) mass is 544 g/mol. The lowest BCUT2D eigenvalue weighted by Gasteiger charge is -2.24. The third kappa shape index (κ3) is 8.10. The lowest BCUT2D eigenvalue weighted by Crippen LogP contribution is -2.53. The zero-order valence-corrected chi connectivity index (χ0v) is 22.4. The molecule has 2 aromatic heterocycles. The van der Waals surface area contributed by atoms with Gasteiger partial charge in [-0.05, 0) is 47.2 Å². The first-order valence-corrected chi connectivity index (χ1v) is 13.0. The van der Waals surface area contributed by atoms with Crippen molar-refractivity contribution in [2.45, 2.75) is 45.4 Å². The van der Waals surface area contributed by atoms with Crippen molar-refractivity contribution in [2.24, 2.45) is 5.92 Å². The number of aromatic nitrogens is 4. The van der Waals surface area contributed by atoms with Crippen molar-refractivity contribution < 1.29 is 24.0 Å². The maximum Gasteiger partial charge on any atom is 0.408 e. The quantitative estimate of drug-likeness (QED) is 0.262. The summed E-state index contributed by atoms with van der Waals surface area (Å²) in [7, 11) is 0. The molecule has 0 saturated heterocycles. The molecule has 208 valence electrons. The van der Waals surface area contributed by atoms with Crippen LogP contribution in [0.4, 0.5) is 4.79 Å². The van der Waals surface area contributed by atoms with E-state index in [2.05, 4.69) is 25.9 Å². The molecule has 0 aliphatic rings. The van der Waals surface area contributed by atoms with E-state index >= 15 is 0 Å². The molecule has 0 aliphatic heterocycles. The van der Waals surface area contributed by atoms with Gasteiger partial charge in [-0.15, -0.1) is 5.10 Å². The molecule has 4 aromatic rings. The summed E-state index contributed by atoms with van der Waals surface area (Å²) in [6.07, 6.45) is 1.44. The fourth-order valence-corrected chi connectivity index (χ4v) is 4.03. The Morgan fingerprint density at radius 1 is 0.875 bits per heavy atom. The third-order valence-electron chi connectivity index (χ3n) is 6.03. The standard InChI is InChI=1S/C29H32N6O5/c1-20(2)16-25(32-29(38)39-18-22-12-7-4-8-13-22)28(37)31-24(17-21-10-5-3-6-11-21)26(36)19-40-35-27-23(33-34-35)14-9-15-30-27/h3-15,20,24-25H,16-19H2,1-2H3,(H,31,37)(H,32,38)/t24-,25-/m0/s1. The Hall–Kier alpha value is -4.80. The van der Waals surface area contributed by atoms with Gasteiger partial charge in [-0.1, -0.05) is 79.4 Å². The molecule has 0 bridgehead atoms. The molecule has 4 rings (SSSR count). The highest BCUT2D eigenvalue weighted by atomic mass is 16.7. The number of hydrogen-bond acceptors (Lipinski definition) is 8. The van der Waals surface area contributed by atoms with E-state index in [1.54, 1.807) is 18.3 Å². The normalized spacial score (nSPS) is 12.5. The number of Topliss-reactive ketones (excluding diaryl/α,β-unsaturated/α-hetero) is 1. The number of carbonyl (C=O) groups is 3. The first-order chi connectivity index (χ1) is 19.4. The Morgan fingerprint density at radius 3 is 2.27 bits per heavy atom. The van der Waals surface area contributed by atoms with Crippen molar-refractivity contribution in [1.82, 2.24) is 30.8 Å². The van der Waals surface area contributed by atoms with Crippen molar-refractivity contribution in [1.29, 1.82) is 0 Å². The van der Waals surface area contributed by atoms with Crippen LogP contribution in [0.1, 0.15) is 31.4 Å². The van der Waals surface area contributed by atoms with E-state index in [1.807, 2.05) is 74.5 Å². The number of nitrogens with zero attached hydrogens (tertiary/aromatic N) is 4. The van der Waals surface area contributed by atoms with Gasteiger partial charge < -0.3 is 20.2 Å². The van der Waals surface area contributed by atoms with Gasteiger partial charge in [-0.2, -0.15) is 0 Å². The van der Waals surface area contributed by atoms with Gasteiger partial charge in [0.05, 0.1) is 6.04 Å². The highest BCUT2D eigenvalue weighted by Crippen LogP contribution is 2.10. The van der Waals surface area contributed by atoms with E-state index in [9.17, 15) is 14.4 Å². The summed E-state index contributed by atoms with van der Waals surface area (Å²) in [4.78, 5) is 50.1. The number of ketones is 1. The highest BCUT2D eigenvalue weighted by molar-refractivity contribution is 5.93. The number of rotatable bonds is 13. The maximum atomic E-state index is 13.4. The molecular formula is C29H32N6O5. The fraction of sp³-hybridized carbons (Fsp3) is 0.310. The summed E-state index contributed by atoms with van der Waals surface area (Å²) < 4.78 is 5.31. The summed E-state index contributed by atoms with van der Waals surface area (Å²) in [5.41, 5.74) is 2.57. The minimum absolute atomic E-state index is 0.0704. The average Bonchev–Trinajstić information content (AvgIpc) is 3.38. The van der Waals surface area contributed by atoms with Gasteiger partial charge in [0.25, 0.3) is 0 Å². The number of nitrogens with one attached hydrogen (secondary N) is 2. The van der Waals surface area contributed by atoms with Crippen molar-refractivity contribution >= 4 is 28.9 Å². The number of amides is 2. The Bertz CT molecular complexity index is 1410. The molecule has 11 nitrogen and oxygen atoms in total. The number of hydrogen-bond donors (Lipinski definition) is 2. The second kappa shape index (κ2) is 13.8. The number of alkyl carbamates (subject to hydrolysis) is 1. The predicted molar refractivity (Wildman–Crippen MR) is 147 cm³/mol. The number of benzene rings is 2. The third-order valence-corrected chi connectivity index (χ3v) is 6.03. The van der Waals surface area contributed by atoms with Crippen LogP contribution in [0.5, 0.6) is 0 Å². The van der Waals surface area contributed by atoms with Gasteiger partial charge in [0.15, 0.2) is 12.4 Å². The fourth-order valence-electron chi connectivity index (χ4n) is 4.03. The van der Waals surface area contributed by atoms with E-state index in [-0.39, 0.29) is 31.3 Å². The number of fused-ring (bicyclic) bond motifs is 1. The SMILES string of the molecule is CC(C)C[C@H](NC(=O)OCc1ccccc1)C(=O)N[C@@H](Cc1ccccc1)C(=O)COn1nnc2cccnc21. The second-order valence-electron chi connectivity index (χ2n) is 9.69. The molecule has 0 saturated carbocycles. The molecule has 0 unspecified atom stereocenters. The molecule has 0 aliphatic carbocycles.